The number of benzene rings is 2. The molecule has 0 bridgehead atoms. The highest BCUT2D eigenvalue weighted by Gasteiger charge is 2.13. The summed E-state index contributed by atoms with van der Waals surface area (Å²) in [4.78, 5) is 25.8. The highest BCUT2D eigenvalue weighted by atomic mass is 19.1. The zero-order chi connectivity index (χ0) is 19.6. The van der Waals surface area contributed by atoms with Gasteiger partial charge in [-0.2, -0.15) is 0 Å². The largest absolute Gasteiger partial charge is 0.351 e. The molecule has 0 heterocycles. The van der Waals surface area contributed by atoms with Gasteiger partial charge < -0.3 is 10.6 Å². The van der Waals surface area contributed by atoms with Crippen molar-refractivity contribution in [3.05, 3.63) is 71.3 Å². The summed E-state index contributed by atoms with van der Waals surface area (Å²) in [5, 5.41) is 5.50. The quantitative estimate of drug-likeness (QED) is 0.707. The van der Waals surface area contributed by atoms with Crippen molar-refractivity contribution in [3.63, 3.8) is 0 Å². The summed E-state index contributed by atoms with van der Waals surface area (Å²) in [6, 6.07) is 11.8. The Morgan fingerprint density at radius 1 is 0.778 bits per heavy atom. The first-order valence-corrected chi connectivity index (χ1v) is 8.71. The van der Waals surface area contributed by atoms with Crippen molar-refractivity contribution in [2.45, 2.75) is 20.0 Å². The molecule has 0 saturated heterocycles. The molecule has 2 amide bonds. The minimum atomic E-state index is -0.325. The van der Waals surface area contributed by atoms with Crippen LogP contribution in [0.15, 0.2) is 48.5 Å². The Balaban J connectivity index is 1.72. The summed E-state index contributed by atoms with van der Waals surface area (Å²) >= 11 is 0. The SMILES string of the molecule is CCN(CC(=O)NCc1ccc(F)cc1)CC(=O)NCc1ccc(F)cc1. The third kappa shape index (κ3) is 7.53. The predicted molar refractivity (Wildman–Crippen MR) is 98.6 cm³/mol. The van der Waals surface area contributed by atoms with Gasteiger partial charge in [0.2, 0.25) is 11.8 Å². The van der Waals surface area contributed by atoms with Gasteiger partial charge in [-0.3, -0.25) is 14.5 Å². The number of nitrogens with zero attached hydrogens (tertiary/aromatic N) is 1. The average molecular weight is 375 g/mol. The molecule has 0 fully saturated rings. The van der Waals surface area contributed by atoms with Crippen LogP contribution in [0.3, 0.4) is 0 Å². The number of carbonyl (C=O) groups is 2. The predicted octanol–water partition coefficient (Wildman–Crippen LogP) is 2.22. The first kappa shape index (κ1) is 20.5. The van der Waals surface area contributed by atoms with Gasteiger partial charge in [0, 0.05) is 13.1 Å². The molecule has 2 aromatic carbocycles. The standard InChI is InChI=1S/C20H23F2N3O2/c1-2-25(13-19(26)23-11-15-3-7-17(21)8-4-15)14-20(27)24-12-16-5-9-18(22)10-6-16/h3-10H,2,11-14H2,1H3,(H,23,26)(H,24,27). The summed E-state index contributed by atoms with van der Waals surface area (Å²) in [7, 11) is 0. The van der Waals surface area contributed by atoms with E-state index in [1.54, 1.807) is 29.2 Å². The van der Waals surface area contributed by atoms with Gasteiger partial charge in [0.15, 0.2) is 0 Å². The molecule has 27 heavy (non-hydrogen) atoms. The fourth-order valence-corrected chi connectivity index (χ4v) is 2.40. The number of nitrogens with one attached hydrogen (secondary N) is 2. The van der Waals surface area contributed by atoms with Crippen molar-refractivity contribution in [3.8, 4) is 0 Å². The van der Waals surface area contributed by atoms with Crippen LogP contribution in [0.2, 0.25) is 0 Å². The molecule has 0 atom stereocenters. The molecule has 0 aliphatic rings. The van der Waals surface area contributed by atoms with E-state index in [0.29, 0.717) is 19.6 Å². The zero-order valence-corrected chi connectivity index (χ0v) is 15.2. The molecule has 2 N–H and O–H groups in total. The van der Waals surface area contributed by atoms with Crippen LogP contribution in [-0.2, 0) is 22.7 Å². The van der Waals surface area contributed by atoms with Gasteiger partial charge in [-0.05, 0) is 41.9 Å². The van der Waals surface area contributed by atoms with Crippen LogP contribution < -0.4 is 10.6 Å². The molecule has 2 aromatic rings. The van der Waals surface area contributed by atoms with Crippen LogP contribution in [0.5, 0.6) is 0 Å². The van der Waals surface area contributed by atoms with E-state index in [1.165, 1.54) is 24.3 Å². The van der Waals surface area contributed by atoms with E-state index in [0.717, 1.165) is 11.1 Å². The van der Waals surface area contributed by atoms with Gasteiger partial charge in [0.25, 0.3) is 0 Å². The van der Waals surface area contributed by atoms with E-state index in [2.05, 4.69) is 10.6 Å². The Hall–Kier alpha value is -2.80. The number of amides is 2. The van der Waals surface area contributed by atoms with Gasteiger partial charge in [-0.25, -0.2) is 8.78 Å². The number of hydrogen-bond donors (Lipinski definition) is 2. The van der Waals surface area contributed by atoms with E-state index >= 15 is 0 Å². The summed E-state index contributed by atoms with van der Waals surface area (Å²) in [5.41, 5.74) is 1.59. The second-order valence-electron chi connectivity index (χ2n) is 6.11. The highest BCUT2D eigenvalue weighted by Crippen LogP contribution is 2.03. The Labute approximate surface area is 157 Å². The molecule has 0 aromatic heterocycles. The lowest BCUT2D eigenvalue weighted by molar-refractivity contribution is -0.125. The van der Waals surface area contributed by atoms with E-state index in [9.17, 15) is 18.4 Å². The molecule has 144 valence electrons. The van der Waals surface area contributed by atoms with Gasteiger partial charge in [0.1, 0.15) is 11.6 Å². The van der Waals surface area contributed by atoms with Gasteiger partial charge >= 0.3 is 0 Å². The summed E-state index contributed by atoms with van der Waals surface area (Å²) in [6.07, 6.45) is 0. The second kappa shape index (κ2) is 10.4. The fourth-order valence-electron chi connectivity index (χ4n) is 2.40. The fraction of sp³-hybridized carbons (Fsp3) is 0.300. The lowest BCUT2D eigenvalue weighted by atomic mass is 10.2. The molecule has 0 saturated carbocycles. The third-order valence-electron chi connectivity index (χ3n) is 3.99. The highest BCUT2D eigenvalue weighted by molar-refractivity contribution is 5.81. The maximum absolute atomic E-state index is 12.9. The molecule has 0 aliphatic heterocycles. The van der Waals surface area contributed by atoms with E-state index in [4.69, 9.17) is 0 Å². The van der Waals surface area contributed by atoms with Crippen LogP contribution in [-0.4, -0.2) is 36.3 Å². The van der Waals surface area contributed by atoms with Crippen LogP contribution in [0.1, 0.15) is 18.1 Å². The topological polar surface area (TPSA) is 61.4 Å². The van der Waals surface area contributed by atoms with Crippen LogP contribution >= 0.6 is 0 Å². The van der Waals surface area contributed by atoms with Crippen LogP contribution in [0.25, 0.3) is 0 Å². The normalized spacial score (nSPS) is 10.7. The van der Waals surface area contributed by atoms with Crippen molar-refractivity contribution in [1.82, 2.24) is 15.5 Å². The minimum Gasteiger partial charge on any atom is -0.351 e. The van der Waals surface area contributed by atoms with E-state index in [-0.39, 0.29) is 36.5 Å². The van der Waals surface area contributed by atoms with E-state index in [1.807, 2.05) is 6.92 Å². The Morgan fingerprint density at radius 2 is 1.15 bits per heavy atom. The third-order valence-corrected chi connectivity index (χ3v) is 3.99. The molecular weight excluding hydrogens is 352 g/mol. The zero-order valence-electron chi connectivity index (χ0n) is 15.2. The van der Waals surface area contributed by atoms with Crippen LogP contribution in [0, 0.1) is 11.6 Å². The Kier molecular flexibility index (Phi) is 7.88. The minimum absolute atomic E-state index is 0.0850. The maximum atomic E-state index is 12.9. The molecule has 0 spiro atoms. The smallest absolute Gasteiger partial charge is 0.234 e. The van der Waals surface area contributed by atoms with Gasteiger partial charge in [-0.1, -0.05) is 31.2 Å². The number of rotatable bonds is 9. The van der Waals surface area contributed by atoms with Crippen molar-refractivity contribution >= 4 is 11.8 Å². The monoisotopic (exact) mass is 375 g/mol. The van der Waals surface area contributed by atoms with Crippen molar-refractivity contribution in [2.75, 3.05) is 19.6 Å². The van der Waals surface area contributed by atoms with Crippen LogP contribution in [0.4, 0.5) is 8.78 Å². The van der Waals surface area contributed by atoms with Gasteiger partial charge in [-0.15, -0.1) is 0 Å². The van der Waals surface area contributed by atoms with Crippen molar-refractivity contribution in [1.29, 1.82) is 0 Å². The molecule has 0 radical (unpaired) electrons. The summed E-state index contributed by atoms with van der Waals surface area (Å²) < 4.78 is 25.7. The summed E-state index contributed by atoms with van der Waals surface area (Å²) in [5.74, 6) is -1.08. The lowest BCUT2D eigenvalue weighted by Gasteiger charge is -2.19. The molecule has 2 rings (SSSR count). The molecule has 0 aliphatic carbocycles. The molecular formula is C20H23F2N3O2. The molecule has 7 heteroatoms. The second-order valence-corrected chi connectivity index (χ2v) is 6.11. The lowest BCUT2D eigenvalue weighted by Crippen LogP contribution is -2.42. The van der Waals surface area contributed by atoms with Crippen molar-refractivity contribution in [2.24, 2.45) is 0 Å². The number of halogens is 2. The molecule has 5 nitrogen and oxygen atoms in total. The number of likely N-dealkylation sites (N-methyl/N-ethyl adjacent to an activating group) is 1. The summed E-state index contributed by atoms with van der Waals surface area (Å²) in [6.45, 7) is 3.17. The Bertz CT molecular complexity index is 685. The Morgan fingerprint density at radius 3 is 1.48 bits per heavy atom. The molecule has 0 unspecified atom stereocenters. The van der Waals surface area contributed by atoms with E-state index < -0.39 is 0 Å². The first-order chi connectivity index (χ1) is 13.0. The number of carbonyl (C=O) groups excluding carboxylic acids is 2. The average Bonchev–Trinajstić information content (AvgIpc) is 2.66. The number of hydrogen-bond acceptors (Lipinski definition) is 3. The maximum Gasteiger partial charge on any atom is 0.234 e. The van der Waals surface area contributed by atoms with Crippen molar-refractivity contribution < 1.29 is 18.4 Å². The first-order valence-electron chi connectivity index (χ1n) is 8.71. The van der Waals surface area contributed by atoms with Gasteiger partial charge in [0.05, 0.1) is 13.1 Å².